The third kappa shape index (κ3) is 3.30. The maximum Gasteiger partial charge on any atom is 0.157 e. The zero-order valence-corrected chi connectivity index (χ0v) is 9.59. The number of hydrogen-bond donors (Lipinski definition) is 0. The van der Waals surface area contributed by atoms with Gasteiger partial charge in [0.15, 0.2) is 6.29 Å². The van der Waals surface area contributed by atoms with Crippen LogP contribution in [0.3, 0.4) is 0 Å². The lowest BCUT2D eigenvalue weighted by Gasteiger charge is -2.28. The van der Waals surface area contributed by atoms with Crippen LogP contribution >= 0.6 is 0 Å². The van der Waals surface area contributed by atoms with Crippen LogP contribution in [0, 0.1) is 0 Å². The lowest BCUT2D eigenvalue weighted by molar-refractivity contribution is -0.184. The molecular formula is C13H18O3. The summed E-state index contributed by atoms with van der Waals surface area (Å²) in [4.78, 5) is 0. The van der Waals surface area contributed by atoms with Crippen LogP contribution in [-0.4, -0.2) is 26.1 Å². The van der Waals surface area contributed by atoms with Gasteiger partial charge in [0.1, 0.15) is 0 Å². The summed E-state index contributed by atoms with van der Waals surface area (Å²) in [7, 11) is 1.68. The van der Waals surface area contributed by atoms with Crippen LogP contribution in [0.15, 0.2) is 30.3 Å². The molecule has 1 aliphatic heterocycles. The number of methoxy groups -OCH3 is 1. The summed E-state index contributed by atoms with van der Waals surface area (Å²) in [5, 5.41) is 0. The van der Waals surface area contributed by atoms with E-state index in [4.69, 9.17) is 14.2 Å². The van der Waals surface area contributed by atoms with Gasteiger partial charge in [-0.15, -0.1) is 0 Å². The van der Waals surface area contributed by atoms with Crippen molar-refractivity contribution in [3.63, 3.8) is 0 Å². The van der Waals surface area contributed by atoms with E-state index in [1.165, 1.54) is 5.56 Å². The normalized spacial score (nSPS) is 25.6. The highest BCUT2D eigenvalue weighted by Crippen LogP contribution is 2.17. The van der Waals surface area contributed by atoms with Gasteiger partial charge in [0.2, 0.25) is 0 Å². The van der Waals surface area contributed by atoms with E-state index in [9.17, 15) is 0 Å². The van der Waals surface area contributed by atoms with Gasteiger partial charge in [-0.05, 0) is 12.0 Å². The van der Waals surface area contributed by atoms with Gasteiger partial charge >= 0.3 is 0 Å². The zero-order valence-electron chi connectivity index (χ0n) is 9.59. The van der Waals surface area contributed by atoms with Gasteiger partial charge in [0.05, 0.1) is 19.3 Å². The van der Waals surface area contributed by atoms with E-state index in [0.717, 1.165) is 12.8 Å². The predicted molar refractivity (Wildman–Crippen MR) is 61.0 cm³/mol. The van der Waals surface area contributed by atoms with E-state index in [2.05, 4.69) is 12.1 Å². The SMILES string of the molecule is COC1CCC(OCc2ccccc2)CO1. The fourth-order valence-electron chi connectivity index (χ4n) is 1.81. The minimum atomic E-state index is -0.0448. The molecule has 3 nitrogen and oxygen atoms in total. The minimum absolute atomic E-state index is 0.0448. The monoisotopic (exact) mass is 222 g/mol. The Morgan fingerprint density at radius 2 is 2.06 bits per heavy atom. The molecule has 0 N–H and O–H groups in total. The molecule has 0 spiro atoms. The first-order valence-electron chi connectivity index (χ1n) is 5.68. The van der Waals surface area contributed by atoms with E-state index < -0.39 is 0 Å². The molecule has 1 heterocycles. The molecule has 0 bridgehead atoms. The van der Waals surface area contributed by atoms with Crippen molar-refractivity contribution in [1.29, 1.82) is 0 Å². The van der Waals surface area contributed by atoms with Gasteiger partial charge in [0.25, 0.3) is 0 Å². The number of hydrogen-bond acceptors (Lipinski definition) is 3. The molecule has 1 aliphatic rings. The highest BCUT2D eigenvalue weighted by atomic mass is 16.7. The number of benzene rings is 1. The van der Waals surface area contributed by atoms with Gasteiger partial charge in [0, 0.05) is 13.5 Å². The first-order chi connectivity index (χ1) is 7.88. The molecule has 1 fully saturated rings. The van der Waals surface area contributed by atoms with Crippen LogP contribution in [0.1, 0.15) is 18.4 Å². The summed E-state index contributed by atoms with van der Waals surface area (Å²) in [5.74, 6) is 0. The molecular weight excluding hydrogens is 204 g/mol. The van der Waals surface area contributed by atoms with Crippen LogP contribution in [-0.2, 0) is 20.8 Å². The maximum atomic E-state index is 5.78. The maximum absolute atomic E-state index is 5.78. The summed E-state index contributed by atoms with van der Waals surface area (Å²) in [6.07, 6.45) is 2.07. The van der Waals surface area contributed by atoms with Crippen molar-refractivity contribution in [3.05, 3.63) is 35.9 Å². The smallest absolute Gasteiger partial charge is 0.157 e. The molecule has 1 saturated heterocycles. The molecule has 0 saturated carbocycles. The summed E-state index contributed by atoms with van der Waals surface area (Å²) in [5.41, 5.74) is 1.20. The van der Waals surface area contributed by atoms with Crippen molar-refractivity contribution in [1.82, 2.24) is 0 Å². The lowest BCUT2D eigenvalue weighted by Crippen LogP contribution is -2.32. The Hall–Kier alpha value is -0.900. The van der Waals surface area contributed by atoms with Crippen molar-refractivity contribution < 1.29 is 14.2 Å². The second kappa shape index (κ2) is 5.99. The lowest BCUT2D eigenvalue weighted by atomic mass is 10.1. The van der Waals surface area contributed by atoms with Crippen molar-refractivity contribution in [2.75, 3.05) is 13.7 Å². The quantitative estimate of drug-likeness (QED) is 0.782. The average Bonchev–Trinajstić information content (AvgIpc) is 2.38. The fraction of sp³-hybridized carbons (Fsp3) is 0.538. The summed E-state index contributed by atoms with van der Waals surface area (Å²) < 4.78 is 16.4. The molecule has 0 aromatic heterocycles. The molecule has 1 aromatic rings. The van der Waals surface area contributed by atoms with Gasteiger partial charge < -0.3 is 14.2 Å². The summed E-state index contributed by atoms with van der Waals surface area (Å²) >= 11 is 0. The average molecular weight is 222 g/mol. The molecule has 16 heavy (non-hydrogen) atoms. The molecule has 2 atom stereocenters. The molecule has 2 rings (SSSR count). The van der Waals surface area contributed by atoms with Crippen molar-refractivity contribution in [2.24, 2.45) is 0 Å². The Kier molecular flexibility index (Phi) is 4.34. The van der Waals surface area contributed by atoms with Crippen LogP contribution in [0.4, 0.5) is 0 Å². The van der Waals surface area contributed by atoms with E-state index in [0.29, 0.717) is 13.2 Å². The third-order valence-corrected chi connectivity index (χ3v) is 2.78. The standard InChI is InChI=1S/C13H18O3/c1-14-13-8-7-12(10-16-13)15-9-11-5-3-2-4-6-11/h2-6,12-13H,7-10H2,1H3. The van der Waals surface area contributed by atoms with Crippen LogP contribution in [0.5, 0.6) is 0 Å². The van der Waals surface area contributed by atoms with Gasteiger partial charge in [-0.1, -0.05) is 30.3 Å². The van der Waals surface area contributed by atoms with Gasteiger partial charge in [-0.25, -0.2) is 0 Å². The Balaban J connectivity index is 1.72. The van der Waals surface area contributed by atoms with Gasteiger partial charge in [-0.2, -0.15) is 0 Å². The molecule has 2 unspecified atom stereocenters. The highest BCUT2D eigenvalue weighted by molar-refractivity contribution is 5.13. The van der Waals surface area contributed by atoms with Crippen molar-refractivity contribution >= 4 is 0 Å². The number of ether oxygens (including phenoxy) is 3. The largest absolute Gasteiger partial charge is 0.371 e. The van der Waals surface area contributed by atoms with Crippen molar-refractivity contribution in [2.45, 2.75) is 31.8 Å². The zero-order chi connectivity index (χ0) is 11.2. The molecule has 0 amide bonds. The first kappa shape index (κ1) is 11.6. The summed E-state index contributed by atoms with van der Waals surface area (Å²) in [6.45, 7) is 1.29. The Morgan fingerprint density at radius 3 is 2.69 bits per heavy atom. The predicted octanol–water partition coefficient (Wildman–Crippen LogP) is 2.35. The highest BCUT2D eigenvalue weighted by Gasteiger charge is 2.21. The fourth-order valence-corrected chi connectivity index (χ4v) is 1.81. The molecule has 0 aliphatic carbocycles. The van der Waals surface area contributed by atoms with E-state index in [1.807, 2.05) is 18.2 Å². The Bertz CT molecular complexity index is 291. The summed E-state index contributed by atoms with van der Waals surface area (Å²) in [6, 6.07) is 10.2. The molecule has 88 valence electrons. The Labute approximate surface area is 96.3 Å². The van der Waals surface area contributed by atoms with E-state index in [1.54, 1.807) is 7.11 Å². The Morgan fingerprint density at radius 1 is 1.25 bits per heavy atom. The third-order valence-electron chi connectivity index (χ3n) is 2.78. The first-order valence-corrected chi connectivity index (χ1v) is 5.68. The second-order valence-corrected chi connectivity index (χ2v) is 3.99. The minimum Gasteiger partial charge on any atom is -0.371 e. The van der Waals surface area contributed by atoms with E-state index >= 15 is 0 Å². The molecule has 3 heteroatoms. The second-order valence-electron chi connectivity index (χ2n) is 3.99. The van der Waals surface area contributed by atoms with Crippen LogP contribution in [0.25, 0.3) is 0 Å². The van der Waals surface area contributed by atoms with E-state index in [-0.39, 0.29) is 12.4 Å². The van der Waals surface area contributed by atoms with Gasteiger partial charge in [-0.3, -0.25) is 0 Å². The van der Waals surface area contributed by atoms with Crippen LogP contribution < -0.4 is 0 Å². The van der Waals surface area contributed by atoms with Crippen molar-refractivity contribution in [3.8, 4) is 0 Å². The topological polar surface area (TPSA) is 27.7 Å². The number of rotatable bonds is 4. The molecule has 0 radical (unpaired) electrons. The molecule has 1 aromatic carbocycles. The van der Waals surface area contributed by atoms with Crippen LogP contribution in [0.2, 0.25) is 0 Å².